The summed E-state index contributed by atoms with van der Waals surface area (Å²) < 4.78 is 11.5. The van der Waals surface area contributed by atoms with Crippen LogP contribution in [-0.2, 0) is 22.3 Å². The molecule has 2 aromatic rings. The summed E-state index contributed by atoms with van der Waals surface area (Å²) in [7, 11) is 0. The van der Waals surface area contributed by atoms with Gasteiger partial charge in [-0.05, 0) is 67.0 Å². The maximum Gasteiger partial charge on any atom is 0.338 e. The molecule has 1 aliphatic rings. The van der Waals surface area contributed by atoms with Crippen LogP contribution in [0.25, 0.3) is 0 Å². The van der Waals surface area contributed by atoms with Gasteiger partial charge in [0.05, 0.1) is 11.1 Å². The molecule has 0 radical (unpaired) electrons. The summed E-state index contributed by atoms with van der Waals surface area (Å²) in [4.78, 5) is 25.4. The van der Waals surface area contributed by atoms with E-state index in [1.165, 1.54) is 17.5 Å². The second-order valence-corrected chi connectivity index (χ2v) is 8.83. The Balaban J connectivity index is 1.63. The van der Waals surface area contributed by atoms with Gasteiger partial charge in [-0.3, -0.25) is 0 Å². The standard InChI is InChI=1S/C28H36O4/c1-3-8-21-12-16-24(17-13-21)27(29)31-20-26(23-10-6-5-7-11-23)32-28(30)25-18-14-22(9-4-2)15-19-25/h12-19,23,26H,3-11,20H2,1-2H3. The molecular weight excluding hydrogens is 400 g/mol. The average Bonchev–Trinajstić information content (AvgIpc) is 2.83. The van der Waals surface area contributed by atoms with Gasteiger partial charge in [0.25, 0.3) is 0 Å². The Morgan fingerprint density at radius 2 is 1.28 bits per heavy atom. The van der Waals surface area contributed by atoms with Crippen molar-refractivity contribution in [1.29, 1.82) is 0 Å². The summed E-state index contributed by atoms with van der Waals surface area (Å²) in [6.45, 7) is 4.37. The van der Waals surface area contributed by atoms with Crippen molar-refractivity contribution in [2.75, 3.05) is 6.61 Å². The fourth-order valence-corrected chi connectivity index (χ4v) is 4.41. The zero-order valence-electron chi connectivity index (χ0n) is 19.5. The molecule has 32 heavy (non-hydrogen) atoms. The fourth-order valence-electron chi connectivity index (χ4n) is 4.41. The molecule has 4 heteroatoms. The molecule has 1 unspecified atom stereocenters. The van der Waals surface area contributed by atoms with Crippen molar-refractivity contribution < 1.29 is 19.1 Å². The number of hydrogen-bond donors (Lipinski definition) is 0. The topological polar surface area (TPSA) is 52.6 Å². The predicted molar refractivity (Wildman–Crippen MR) is 127 cm³/mol. The highest BCUT2D eigenvalue weighted by Gasteiger charge is 2.29. The molecule has 0 saturated heterocycles. The van der Waals surface area contributed by atoms with Crippen molar-refractivity contribution in [2.45, 2.75) is 77.7 Å². The Labute approximate surface area is 192 Å². The van der Waals surface area contributed by atoms with Gasteiger partial charge in [0, 0.05) is 0 Å². The Kier molecular flexibility index (Phi) is 9.33. The van der Waals surface area contributed by atoms with Crippen molar-refractivity contribution in [1.82, 2.24) is 0 Å². The van der Waals surface area contributed by atoms with E-state index in [2.05, 4.69) is 13.8 Å². The third kappa shape index (κ3) is 6.94. The van der Waals surface area contributed by atoms with E-state index >= 15 is 0 Å². The summed E-state index contributed by atoms with van der Waals surface area (Å²) in [6.07, 6.45) is 9.16. The number of esters is 2. The van der Waals surface area contributed by atoms with Crippen LogP contribution in [0.4, 0.5) is 0 Å². The molecule has 1 atom stereocenters. The molecule has 0 amide bonds. The Morgan fingerprint density at radius 1 is 0.781 bits per heavy atom. The highest BCUT2D eigenvalue weighted by atomic mass is 16.6. The first-order valence-corrected chi connectivity index (χ1v) is 12.2. The van der Waals surface area contributed by atoms with Crippen LogP contribution in [0, 0.1) is 5.92 Å². The molecular formula is C28H36O4. The number of rotatable bonds is 10. The highest BCUT2D eigenvalue weighted by molar-refractivity contribution is 5.90. The van der Waals surface area contributed by atoms with Crippen molar-refractivity contribution in [3.05, 3.63) is 70.8 Å². The molecule has 0 aliphatic heterocycles. The largest absolute Gasteiger partial charge is 0.458 e. The lowest BCUT2D eigenvalue weighted by atomic mass is 9.85. The maximum atomic E-state index is 12.8. The minimum absolute atomic E-state index is 0.0971. The van der Waals surface area contributed by atoms with Crippen molar-refractivity contribution in [3.8, 4) is 0 Å². The number of aryl methyl sites for hydroxylation is 2. The quantitative estimate of drug-likeness (QED) is 0.396. The van der Waals surface area contributed by atoms with E-state index in [9.17, 15) is 9.59 Å². The van der Waals surface area contributed by atoms with Gasteiger partial charge in [0.15, 0.2) is 0 Å². The number of hydrogen-bond acceptors (Lipinski definition) is 4. The van der Waals surface area contributed by atoms with Gasteiger partial charge in [-0.25, -0.2) is 9.59 Å². The van der Waals surface area contributed by atoms with E-state index in [1.54, 1.807) is 0 Å². The Bertz CT molecular complexity index is 848. The normalized spacial score (nSPS) is 15.2. The van der Waals surface area contributed by atoms with Crippen LogP contribution < -0.4 is 0 Å². The number of carbonyl (C=O) groups is 2. The van der Waals surface area contributed by atoms with Crippen LogP contribution in [0.2, 0.25) is 0 Å². The summed E-state index contributed by atoms with van der Waals surface area (Å²) in [5.41, 5.74) is 3.50. The molecule has 1 fully saturated rings. The summed E-state index contributed by atoms with van der Waals surface area (Å²) in [6, 6.07) is 15.2. The van der Waals surface area contributed by atoms with Crippen LogP contribution in [0.15, 0.2) is 48.5 Å². The molecule has 1 aliphatic carbocycles. The summed E-state index contributed by atoms with van der Waals surface area (Å²) in [5, 5.41) is 0. The lowest BCUT2D eigenvalue weighted by Gasteiger charge is -2.29. The van der Waals surface area contributed by atoms with Crippen molar-refractivity contribution in [3.63, 3.8) is 0 Å². The maximum absolute atomic E-state index is 12.8. The molecule has 4 nitrogen and oxygen atoms in total. The van der Waals surface area contributed by atoms with Gasteiger partial charge in [0.1, 0.15) is 12.7 Å². The molecule has 0 N–H and O–H groups in total. The molecule has 0 heterocycles. The van der Waals surface area contributed by atoms with Crippen LogP contribution in [0.3, 0.4) is 0 Å². The van der Waals surface area contributed by atoms with Crippen molar-refractivity contribution in [2.24, 2.45) is 5.92 Å². The molecule has 3 rings (SSSR count). The summed E-state index contributed by atoms with van der Waals surface area (Å²) >= 11 is 0. The van der Waals surface area contributed by atoms with Gasteiger partial charge in [-0.1, -0.05) is 70.2 Å². The number of ether oxygens (including phenoxy) is 2. The lowest BCUT2D eigenvalue weighted by Crippen LogP contribution is -2.33. The second-order valence-electron chi connectivity index (χ2n) is 8.83. The number of carbonyl (C=O) groups excluding carboxylic acids is 2. The van der Waals surface area contributed by atoms with Crippen LogP contribution in [0.1, 0.15) is 90.6 Å². The van der Waals surface area contributed by atoms with E-state index in [0.717, 1.165) is 51.4 Å². The third-order valence-electron chi connectivity index (χ3n) is 6.27. The van der Waals surface area contributed by atoms with E-state index in [1.807, 2.05) is 48.5 Å². The molecule has 0 bridgehead atoms. The first kappa shape index (κ1) is 24.0. The number of benzene rings is 2. The SMILES string of the molecule is CCCc1ccc(C(=O)OCC(OC(=O)c2ccc(CCC)cc2)C2CCCCC2)cc1. The molecule has 0 spiro atoms. The summed E-state index contributed by atoms with van der Waals surface area (Å²) in [5.74, 6) is -0.482. The van der Waals surface area contributed by atoms with E-state index < -0.39 is 6.10 Å². The van der Waals surface area contributed by atoms with Gasteiger partial charge < -0.3 is 9.47 Å². The minimum atomic E-state index is -0.415. The molecule has 0 aromatic heterocycles. The van der Waals surface area contributed by atoms with Crippen LogP contribution >= 0.6 is 0 Å². The fraction of sp³-hybridized carbons (Fsp3) is 0.500. The van der Waals surface area contributed by atoms with Gasteiger partial charge >= 0.3 is 11.9 Å². The molecule has 172 valence electrons. The van der Waals surface area contributed by atoms with Gasteiger partial charge in [-0.2, -0.15) is 0 Å². The first-order chi connectivity index (χ1) is 15.6. The lowest BCUT2D eigenvalue weighted by molar-refractivity contribution is -0.0247. The first-order valence-electron chi connectivity index (χ1n) is 12.2. The van der Waals surface area contributed by atoms with E-state index in [-0.39, 0.29) is 24.5 Å². The van der Waals surface area contributed by atoms with Crippen LogP contribution in [-0.4, -0.2) is 24.6 Å². The third-order valence-corrected chi connectivity index (χ3v) is 6.27. The smallest absolute Gasteiger partial charge is 0.338 e. The zero-order valence-corrected chi connectivity index (χ0v) is 19.5. The van der Waals surface area contributed by atoms with E-state index in [0.29, 0.717) is 11.1 Å². The minimum Gasteiger partial charge on any atom is -0.458 e. The van der Waals surface area contributed by atoms with E-state index in [4.69, 9.17) is 9.47 Å². The highest BCUT2D eigenvalue weighted by Crippen LogP contribution is 2.29. The monoisotopic (exact) mass is 436 g/mol. The van der Waals surface area contributed by atoms with Gasteiger partial charge in [0.2, 0.25) is 0 Å². The van der Waals surface area contributed by atoms with Crippen molar-refractivity contribution >= 4 is 11.9 Å². The molecule has 1 saturated carbocycles. The second kappa shape index (κ2) is 12.4. The molecule has 2 aromatic carbocycles. The zero-order chi connectivity index (χ0) is 22.8. The Morgan fingerprint density at radius 3 is 1.78 bits per heavy atom. The Hall–Kier alpha value is -2.62. The van der Waals surface area contributed by atoms with Gasteiger partial charge in [-0.15, -0.1) is 0 Å². The predicted octanol–water partition coefficient (Wildman–Crippen LogP) is 6.55. The average molecular weight is 437 g/mol. The van der Waals surface area contributed by atoms with Crippen LogP contribution in [0.5, 0.6) is 0 Å².